The number of likely N-dealkylation sites (tertiary alicyclic amines) is 2. The Morgan fingerprint density at radius 3 is 2.26 bits per heavy atom. The molecule has 0 aliphatic carbocycles. The van der Waals surface area contributed by atoms with E-state index in [1.54, 1.807) is 6.07 Å². The molecule has 6 nitrogen and oxygen atoms in total. The van der Waals surface area contributed by atoms with Gasteiger partial charge in [-0.2, -0.15) is 5.26 Å². The molecule has 3 heterocycles. The van der Waals surface area contributed by atoms with Gasteiger partial charge < -0.3 is 9.47 Å². The molecule has 6 heteroatoms. The van der Waals surface area contributed by atoms with E-state index in [0.29, 0.717) is 48.2 Å². The Kier molecular flexibility index (Phi) is 4.69. The molecule has 1 aromatic rings. The smallest absolute Gasteiger partial charge is 0.257 e. The molecule has 0 aromatic carbocycles. The van der Waals surface area contributed by atoms with Crippen molar-refractivity contribution >= 4 is 0 Å². The second kappa shape index (κ2) is 6.73. The molecule has 0 amide bonds. The van der Waals surface area contributed by atoms with Crippen molar-refractivity contribution in [3.8, 4) is 17.7 Å². The van der Waals surface area contributed by atoms with Crippen molar-refractivity contribution in [1.82, 2.24) is 14.8 Å². The average molecular weight is 316 g/mol. The SMILES string of the molecule is Cc1nc(OC[C@@H]2CCN2C)c(OC[C@@H]2CCN2C)cc1C#N. The highest BCUT2D eigenvalue weighted by Crippen LogP contribution is 2.29. The van der Waals surface area contributed by atoms with Crippen LogP contribution in [0.25, 0.3) is 0 Å². The third kappa shape index (κ3) is 3.41. The van der Waals surface area contributed by atoms with Crippen molar-refractivity contribution in [3.05, 3.63) is 17.3 Å². The molecule has 2 aliphatic rings. The number of nitriles is 1. The van der Waals surface area contributed by atoms with E-state index in [0.717, 1.165) is 25.9 Å². The lowest BCUT2D eigenvalue weighted by Gasteiger charge is -2.38. The van der Waals surface area contributed by atoms with Crippen LogP contribution in [0.4, 0.5) is 0 Å². The molecule has 0 N–H and O–H groups in total. The van der Waals surface area contributed by atoms with Crippen molar-refractivity contribution in [2.24, 2.45) is 0 Å². The van der Waals surface area contributed by atoms with Gasteiger partial charge in [0.25, 0.3) is 5.88 Å². The van der Waals surface area contributed by atoms with E-state index in [1.165, 1.54) is 0 Å². The summed E-state index contributed by atoms with van der Waals surface area (Å²) in [6.07, 6.45) is 2.29. The predicted molar refractivity (Wildman–Crippen MR) is 86.7 cm³/mol. The molecule has 124 valence electrons. The average Bonchev–Trinajstić information content (AvgIpc) is 2.53. The molecule has 2 atom stereocenters. The highest BCUT2D eigenvalue weighted by atomic mass is 16.5. The maximum Gasteiger partial charge on any atom is 0.257 e. The van der Waals surface area contributed by atoms with Gasteiger partial charge in [-0.1, -0.05) is 0 Å². The molecule has 2 saturated heterocycles. The van der Waals surface area contributed by atoms with E-state index in [2.05, 4.69) is 34.9 Å². The Balaban J connectivity index is 1.69. The summed E-state index contributed by atoms with van der Waals surface area (Å²) in [7, 11) is 4.19. The van der Waals surface area contributed by atoms with Crippen LogP contribution < -0.4 is 9.47 Å². The van der Waals surface area contributed by atoms with Crippen LogP contribution in [0, 0.1) is 18.3 Å². The molecular weight excluding hydrogens is 292 g/mol. The monoisotopic (exact) mass is 316 g/mol. The van der Waals surface area contributed by atoms with E-state index >= 15 is 0 Å². The number of hydrogen-bond acceptors (Lipinski definition) is 6. The van der Waals surface area contributed by atoms with E-state index in [9.17, 15) is 5.26 Å². The minimum Gasteiger partial charge on any atom is -0.486 e. The lowest BCUT2D eigenvalue weighted by Crippen LogP contribution is -2.48. The summed E-state index contributed by atoms with van der Waals surface area (Å²) in [4.78, 5) is 8.96. The first-order valence-corrected chi connectivity index (χ1v) is 8.16. The summed E-state index contributed by atoms with van der Waals surface area (Å²) in [5.41, 5.74) is 1.22. The number of likely N-dealkylation sites (N-methyl/N-ethyl adjacent to an activating group) is 2. The maximum absolute atomic E-state index is 9.21. The van der Waals surface area contributed by atoms with Crippen LogP contribution in [0.1, 0.15) is 24.1 Å². The number of aryl methyl sites for hydroxylation is 1. The first-order chi connectivity index (χ1) is 11.1. The Hall–Kier alpha value is -1.84. The summed E-state index contributed by atoms with van der Waals surface area (Å²) in [6, 6.07) is 4.80. The summed E-state index contributed by atoms with van der Waals surface area (Å²) in [5.74, 6) is 1.08. The molecule has 0 radical (unpaired) electrons. The molecule has 0 unspecified atom stereocenters. The number of nitrogens with zero attached hydrogens (tertiary/aromatic N) is 4. The highest BCUT2D eigenvalue weighted by Gasteiger charge is 2.27. The number of pyridine rings is 1. The normalized spacial score (nSPS) is 24.4. The third-order valence-corrected chi connectivity index (χ3v) is 4.99. The van der Waals surface area contributed by atoms with Crippen molar-refractivity contribution in [2.75, 3.05) is 40.4 Å². The molecule has 1 aromatic heterocycles. The van der Waals surface area contributed by atoms with Crippen molar-refractivity contribution in [2.45, 2.75) is 31.8 Å². The van der Waals surface area contributed by atoms with Gasteiger partial charge in [0.05, 0.1) is 11.3 Å². The van der Waals surface area contributed by atoms with Gasteiger partial charge in [0.15, 0.2) is 5.75 Å². The molecule has 2 fully saturated rings. The standard InChI is InChI=1S/C17H24N4O2/c1-12-13(9-18)8-16(22-10-14-4-6-20(14)2)17(19-12)23-11-15-5-7-21(15)3/h8,14-15H,4-7,10-11H2,1-3H3/t14-,15-/m0/s1. The van der Waals surface area contributed by atoms with Gasteiger partial charge in [-0.15, -0.1) is 0 Å². The van der Waals surface area contributed by atoms with Crippen LogP contribution >= 0.6 is 0 Å². The number of ether oxygens (including phenoxy) is 2. The number of hydrogen-bond donors (Lipinski definition) is 0. The summed E-state index contributed by atoms with van der Waals surface area (Å²) in [6.45, 7) is 5.26. The fraction of sp³-hybridized carbons (Fsp3) is 0.647. The van der Waals surface area contributed by atoms with Crippen LogP contribution in [-0.4, -0.2) is 67.3 Å². The zero-order chi connectivity index (χ0) is 16.4. The third-order valence-electron chi connectivity index (χ3n) is 4.99. The van der Waals surface area contributed by atoms with Crippen LogP contribution in [0.3, 0.4) is 0 Å². The van der Waals surface area contributed by atoms with Gasteiger partial charge in [-0.05, 0) is 47.0 Å². The van der Waals surface area contributed by atoms with E-state index < -0.39 is 0 Å². The summed E-state index contributed by atoms with van der Waals surface area (Å²) < 4.78 is 11.8. The van der Waals surface area contributed by atoms with Gasteiger partial charge in [-0.3, -0.25) is 9.80 Å². The fourth-order valence-corrected chi connectivity index (χ4v) is 2.81. The Morgan fingerprint density at radius 1 is 1.17 bits per heavy atom. The fourth-order valence-electron chi connectivity index (χ4n) is 2.81. The summed E-state index contributed by atoms with van der Waals surface area (Å²) in [5, 5.41) is 9.21. The first kappa shape index (κ1) is 16.0. The lowest BCUT2D eigenvalue weighted by atomic mass is 10.1. The number of aromatic nitrogens is 1. The van der Waals surface area contributed by atoms with Crippen molar-refractivity contribution in [1.29, 1.82) is 5.26 Å². The molecule has 3 rings (SSSR count). The maximum atomic E-state index is 9.21. The van der Waals surface area contributed by atoms with E-state index in [-0.39, 0.29) is 0 Å². The van der Waals surface area contributed by atoms with Crippen molar-refractivity contribution < 1.29 is 9.47 Å². The van der Waals surface area contributed by atoms with Crippen molar-refractivity contribution in [3.63, 3.8) is 0 Å². The predicted octanol–water partition coefficient (Wildman–Crippen LogP) is 1.43. The van der Waals surface area contributed by atoms with Gasteiger partial charge in [-0.25, -0.2) is 4.98 Å². The van der Waals surface area contributed by atoms with Gasteiger partial charge in [0, 0.05) is 18.2 Å². The minimum atomic E-state index is 0.437. The Morgan fingerprint density at radius 2 is 1.78 bits per heavy atom. The van der Waals surface area contributed by atoms with Crippen LogP contribution in [0.5, 0.6) is 11.6 Å². The van der Waals surface area contributed by atoms with Gasteiger partial charge in [0.2, 0.25) is 0 Å². The zero-order valence-electron chi connectivity index (χ0n) is 14.1. The van der Waals surface area contributed by atoms with Crippen LogP contribution in [-0.2, 0) is 0 Å². The molecule has 0 spiro atoms. The Bertz CT molecular complexity index is 613. The van der Waals surface area contributed by atoms with Gasteiger partial charge in [0.1, 0.15) is 19.3 Å². The quantitative estimate of drug-likeness (QED) is 0.791. The summed E-state index contributed by atoms with van der Waals surface area (Å²) >= 11 is 0. The van der Waals surface area contributed by atoms with E-state index in [1.807, 2.05) is 6.92 Å². The second-order valence-corrected chi connectivity index (χ2v) is 6.50. The molecular formula is C17H24N4O2. The topological polar surface area (TPSA) is 61.6 Å². The number of rotatable bonds is 6. The molecule has 23 heavy (non-hydrogen) atoms. The second-order valence-electron chi connectivity index (χ2n) is 6.50. The van der Waals surface area contributed by atoms with Crippen LogP contribution in [0.2, 0.25) is 0 Å². The Labute approximate surface area is 137 Å². The van der Waals surface area contributed by atoms with Gasteiger partial charge >= 0.3 is 0 Å². The van der Waals surface area contributed by atoms with E-state index in [4.69, 9.17) is 9.47 Å². The zero-order valence-corrected chi connectivity index (χ0v) is 14.1. The molecule has 0 saturated carbocycles. The molecule has 2 aliphatic heterocycles. The highest BCUT2D eigenvalue weighted by molar-refractivity contribution is 5.45. The first-order valence-electron chi connectivity index (χ1n) is 8.16. The largest absolute Gasteiger partial charge is 0.486 e. The minimum absolute atomic E-state index is 0.437. The molecule has 0 bridgehead atoms. The lowest BCUT2D eigenvalue weighted by molar-refractivity contribution is 0.0645. The van der Waals surface area contributed by atoms with Crippen LogP contribution in [0.15, 0.2) is 6.07 Å².